The largest absolute Gasteiger partial charge is 0.385 e. The maximum absolute atomic E-state index is 3.63. The molecular weight excluding hydrogens is 258 g/mol. The third kappa shape index (κ3) is 3.98. The number of nitrogens with zero attached hydrogens (tertiary/aromatic N) is 1. The molecule has 0 spiro atoms. The van der Waals surface area contributed by atoms with Crippen LogP contribution in [-0.4, -0.2) is 37.6 Å². The van der Waals surface area contributed by atoms with Gasteiger partial charge in [-0.1, -0.05) is 25.1 Å². The third-order valence-corrected chi connectivity index (χ3v) is 4.96. The van der Waals surface area contributed by atoms with Gasteiger partial charge in [0.25, 0.3) is 0 Å². The molecule has 1 fully saturated rings. The summed E-state index contributed by atoms with van der Waals surface area (Å²) in [6.45, 7) is 9.33. The Balaban J connectivity index is 1.43. The molecule has 21 heavy (non-hydrogen) atoms. The lowest BCUT2D eigenvalue weighted by molar-refractivity contribution is 0.193. The van der Waals surface area contributed by atoms with Crippen LogP contribution in [0.15, 0.2) is 18.2 Å². The number of benzene rings is 1. The molecule has 0 aromatic heterocycles. The molecule has 3 nitrogen and oxygen atoms in total. The molecular formula is C18H29N3. The van der Waals surface area contributed by atoms with E-state index in [-0.39, 0.29) is 0 Å². The van der Waals surface area contributed by atoms with Gasteiger partial charge in [-0.15, -0.1) is 0 Å². The van der Waals surface area contributed by atoms with Crippen LogP contribution in [0.1, 0.15) is 37.3 Å². The number of hydrogen-bond donors (Lipinski definition) is 2. The number of para-hydroxylation sites is 1. The van der Waals surface area contributed by atoms with Crippen molar-refractivity contribution in [1.82, 2.24) is 10.2 Å². The van der Waals surface area contributed by atoms with Crippen LogP contribution in [0, 0.1) is 5.92 Å². The van der Waals surface area contributed by atoms with Crippen molar-refractivity contribution in [3.63, 3.8) is 0 Å². The number of nitrogens with one attached hydrogen (secondary N) is 2. The van der Waals surface area contributed by atoms with E-state index in [9.17, 15) is 0 Å². The summed E-state index contributed by atoms with van der Waals surface area (Å²) in [4.78, 5) is 2.60. The fourth-order valence-corrected chi connectivity index (χ4v) is 3.47. The van der Waals surface area contributed by atoms with Crippen LogP contribution >= 0.6 is 0 Å². The van der Waals surface area contributed by atoms with Crippen LogP contribution in [0.25, 0.3) is 0 Å². The van der Waals surface area contributed by atoms with Gasteiger partial charge in [0.2, 0.25) is 0 Å². The van der Waals surface area contributed by atoms with Crippen molar-refractivity contribution in [3.05, 3.63) is 29.3 Å². The van der Waals surface area contributed by atoms with E-state index in [0.29, 0.717) is 0 Å². The molecule has 1 aromatic rings. The van der Waals surface area contributed by atoms with Crippen LogP contribution in [0.4, 0.5) is 5.69 Å². The molecule has 3 heteroatoms. The Labute approximate surface area is 129 Å². The van der Waals surface area contributed by atoms with Crippen LogP contribution in [-0.2, 0) is 13.0 Å². The first-order valence-electron chi connectivity index (χ1n) is 8.60. The lowest BCUT2D eigenvalue weighted by Crippen LogP contribution is -2.37. The first-order valence-corrected chi connectivity index (χ1v) is 8.60. The van der Waals surface area contributed by atoms with E-state index in [0.717, 1.165) is 25.6 Å². The summed E-state index contributed by atoms with van der Waals surface area (Å²) in [5.41, 5.74) is 4.31. The quantitative estimate of drug-likeness (QED) is 0.816. The van der Waals surface area contributed by atoms with Gasteiger partial charge in [-0.05, 0) is 55.8 Å². The van der Waals surface area contributed by atoms with Crippen molar-refractivity contribution >= 4 is 5.69 Å². The van der Waals surface area contributed by atoms with Gasteiger partial charge in [-0.3, -0.25) is 0 Å². The molecule has 1 aromatic carbocycles. The molecule has 2 heterocycles. The van der Waals surface area contributed by atoms with Gasteiger partial charge in [0, 0.05) is 31.9 Å². The summed E-state index contributed by atoms with van der Waals surface area (Å²) in [7, 11) is 0. The highest BCUT2D eigenvalue weighted by molar-refractivity contribution is 5.59. The maximum atomic E-state index is 3.63. The Morgan fingerprint density at radius 3 is 3.00 bits per heavy atom. The minimum Gasteiger partial charge on any atom is -0.385 e. The van der Waals surface area contributed by atoms with E-state index in [1.54, 1.807) is 0 Å². The van der Waals surface area contributed by atoms with E-state index >= 15 is 0 Å². The molecule has 0 radical (unpaired) electrons. The first kappa shape index (κ1) is 14.9. The summed E-state index contributed by atoms with van der Waals surface area (Å²) >= 11 is 0. The first-order chi connectivity index (χ1) is 10.3. The maximum Gasteiger partial charge on any atom is 0.0418 e. The molecule has 0 unspecified atom stereocenters. The standard InChI is InChI=1S/C18H29N3/c1-15-7-11-21(12-8-15)13-10-19-14-17-5-2-4-16-6-3-9-20-18(16)17/h2,4-5,15,19-20H,3,6-14H2,1H3. The highest BCUT2D eigenvalue weighted by atomic mass is 15.1. The van der Waals surface area contributed by atoms with Gasteiger partial charge in [0.05, 0.1) is 0 Å². The number of rotatable bonds is 5. The summed E-state index contributed by atoms with van der Waals surface area (Å²) in [5, 5.41) is 7.20. The molecule has 2 aliphatic rings. The van der Waals surface area contributed by atoms with E-state index in [4.69, 9.17) is 0 Å². The van der Waals surface area contributed by atoms with Crippen molar-refractivity contribution in [1.29, 1.82) is 0 Å². The highest BCUT2D eigenvalue weighted by Crippen LogP contribution is 2.25. The van der Waals surface area contributed by atoms with Crippen molar-refractivity contribution in [2.45, 2.75) is 39.2 Å². The number of piperidine rings is 1. The average Bonchev–Trinajstić information content (AvgIpc) is 2.53. The van der Waals surface area contributed by atoms with Gasteiger partial charge in [0.15, 0.2) is 0 Å². The number of fused-ring (bicyclic) bond motifs is 1. The summed E-state index contributed by atoms with van der Waals surface area (Å²) < 4.78 is 0. The predicted molar refractivity (Wildman–Crippen MR) is 89.8 cm³/mol. The Bertz CT molecular complexity index is 450. The molecule has 116 valence electrons. The van der Waals surface area contributed by atoms with Gasteiger partial charge < -0.3 is 15.5 Å². The van der Waals surface area contributed by atoms with Crippen LogP contribution in [0.5, 0.6) is 0 Å². The topological polar surface area (TPSA) is 27.3 Å². The predicted octanol–water partition coefficient (Wildman–Crippen LogP) is 2.87. The number of anilines is 1. The molecule has 1 saturated heterocycles. The third-order valence-electron chi connectivity index (χ3n) is 4.96. The van der Waals surface area contributed by atoms with Crippen LogP contribution < -0.4 is 10.6 Å². The molecule has 2 N–H and O–H groups in total. The SMILES string of the molecule is CC1CCN(CCNCc2cccc3c2NCCC3)CC1. The second-order valence-corrected chi connectivity index (χ2v) is 6.68. The average molecular weight is 287 g/mol. The lowest BCUT2D eigenvalue weighted by atomic mass is 9.99. The van der Waals surface area contributed by atoms with Crippen molar-refractivity contribution in [2.75, 3.05) is 38.0 Å². The van der Waals surface area contributed by atoms with Crippen LogP contribution in [0.3, 0.4) is 0 Å². The van der Waals surface area contributed by atoms with Crippen LogP contribution in [0.2, 0.25) is 0 Å². The molecule has 0 atom stereocenters. The van der Waals surface area contributed by atoms with E-state index in [1.807, 2.05) is 0 Å². The summed E-state index contributed by atoms with van der Waals surface area (Å²) in [5.74, 6) is 0.927. The van der Waals surface area contributed by atoms with E-state index < -0.39 is 0 Å². The number of hydrogen-bond acceptors (Lipinski definition) is 3. The molecule has 3 rings (SSSR count). The Morgan fingerprint density at radius 2 is 2.14 bits per heavy atom. The second kappa shape index (κ2) is 7.28. The zero-order valence-electron chi connectivity index (χ0n) is 13.3. The van der Waals surface area contributed by atoms with E-state index in [2.05, 4.69) is 40.7 Å². The van der Waals surface area contributed by atoms with Gasteiger partial charge >= 0.3 is 0 Å². The highest BCUT2D eigenvalue weighted by Gasteiger charge is 2.15. The number of likely N-dealkylation sites (tertiary alicyclic amines) is 1. The number of aryl methyl sites for hydroxylation is 1. The van der Waals surface area contributed by atoms with E-state index in [1.165, 1.54) is 62.1 Å². The monoisotopic (exact) mass is 287 g/mol. The Hall–Kier alpha value is -1.06. The van der Waals surface area contributed by atoms with Crippen molar-refractivity contribution in [3.8, 4) is 0 Å². The summed E-state index contributed by atoms with van der Waals surface area (Å²) in [6.07, 6.45) is 5.23. The fourth-order valence-electron chi connectivity index (χ4n) is 3.47. The second-order valence-electron chi connectivity index (χ2n) is 6.68. The molecule has 0 saturated carbocycles. The minimum absolute atomic E-state index is 0.927. The molecule has 0 amide bonds. The normalized spacial score (nSPS) is 20.0. The van der Waals surface area contributed by atoms with Crippen molar-refractivity contribution in [2.24, 2.45) is 5.92 Å². The summed E-state index contributed by atoms with van der Waals surface area (Å²) in [6, 6.07) is 6.72. The Kier molecular flexibility index (Phi) is 5.15. The van der Waals surface area contributed by atoms with Crippen molar-refractivity contribution < 1.29 is 0 Å². The zero-order chi connectivity index (χ0) is 14.5. The van der Waals surface area contributed by atoms with Gasteiger partial charge in [-0.25, -0.2) is 0 Å². The zero-order valence-corrected chi connectivity index (χ0v) is 13.3. The lowest BCUT2D eigenvalue weighted by Gasteiger charge is -2.30. The Morgan fingerprint density at radius 1 is 1.29 bits per heavy atom. The molecule has 2 aliphatic heterocycles. The van der Waals surface area contributed by atoms with Gasteiger partial charge in [-0.2, -0.15) is 0 Å². The minimum atomic E-state index is 0.927. The smallest absolute Gasteiger partial charge is 0.0418 e. The molecule has 0 bridgehead atoms. The molecule has 0 aliphatic carbocycles. The van der Waals surface area contributed by atoms with Gasteiger partial charge in [0.1, 0.15) is 0 Å². The fraction of sp³-hybridized carbons (Fsp3) is 0.667.